The van der Waals surface area contributed by atoms with Gasteiger partial charge < -0.3 is 0 Å². The van der Waals surface area contributed by atoms with E-state index in [2.05, 4.69) is 34.7 Å². The fraction of sp³-hybridized carbons (Fsp3) is 0. The maximum atomic E-state index is 5.80. The smallest absolute Gasteiger partial charge is 0.0406 e. The van der Waals surface area contributed by atoms with Crippen LogP contribution in [0.3, 0.4) is 0 Å². The molecule has 106 valence electrons. The van der Waals surface area contributed by atoms with E-state index in [0.29, 0.717) is 0 Å². The zero-order valence-electron chi connectivity index (χ0n) is 11.1. The minimum Gasteiger partial charge on any atom is -0.0843 e. The molecule has 21 heavy (non-hydrogen) atoms. The van der Waals surface area contributed by atoms with Crippen LogP contribution in [0.4, 0.5) is 0 Å². The number of benzene rings is 3. The van der Waals surface area contributed by atoms with Crippen LogP contribution >= 0.6 is 45.8 Å². The zero-order valence-corrected chi connectivity index (χ0v) is 14.8. The molecule has 0 radical (unpaired) electrons. The van der Waals surface area contributed by atoms with Crippen LogP contribution in [0.15, 0.2) is 78.9 Å². The molecule has 0 spiro atoms. The summed E-state index contributed by atoms with van der Waals surface area (Å²) in [5, 5.41) is 1.57. The Morgan fingerprint density at radius 1 is 0.524 bits per heavy atom. The van der Waals surface area contributed by atoms with E-state index < -0.39 is 0 Å². The average molecular weight is 427 g/mol. The molecule has 0 aliphatic heterocycles. The van der Waals surface area contributed by atoms with Gasteiger partial charge in [0.15, 0.2) is 0 Å². The van der Waals surface area contributed by atoms with Crippen molar-refractivity contribution >= 4 is 45.8 Å². The summed E-state index contributed by atoms with van der Waals surface area (Å²) in [7, 11) is 0. The van der Waals surface area contributed by atoms with Gasteiger partial charge in [-0.3, -0.25) is 0 Å². The van der Waals surface area contributed by atoms with E-state index in [9.17, 15) is 0 Å². The molecule has 0 aliphatic rings. The summed E-state index contributed by atoms with van der Waals surface area (Å²) < 4.78 is 1.21. The molecule has 0 heterocycles. The maximum Gasteiger partial charge on any atom is 0.0406 e. The van der Waals surface area contributed by atoms with E-state index in [0.717, 1.165) is 10.0 Å². The second-order valence-electron chi connectivity index (χ2n) is 4.31. The van der Waals surface area contributed by atoms with Crippen molar-refractivity contribution in [1.82, 2.24) is 0 Å². The first kappa shape index (κ1) is 16.3. The highest BCUT2D eigenvalue weighted by Crippen LogP contribution is 2.20. The van der Waals surface area contributed by atoms with Gasteiger partial charge in [-0.15, -0.1) is 0 Å². The van der Waals surface area contributed by atoms with Crippen LogP contribution in [0.1, 0.15) is 0 Å². The Morgan fingerprint density at radius 2 is 0.952 bits per heavy atom. The summed E-state index contributed by atoms with van der Waals surface area (Å²) in [6, 6.07) is 25.8. The van der Waals surface area contributed by atoms with E-state index >= 15 is 0 Å². The zero-order chi connectivity index (χ0) is 15.1. The highest BCUT2D eigenvalue weighted by atomic mass is 127. The van der Waals surface area contributed by atoms with Crippen LogP contribution in [-0.2, 0) is 0 Å². The van der Waals surface area contributed by atoms with Crippen molar-refractivity contribution in [2.75, 3.05) is 0 Å². The molecule has 0 aromatic heterocycles. The van der Waals surface area contributed by atoms with Gasteiger partial charge in [0.05, 0.1) is 0 Å². The number of hydrogen-bond acceptors (Lipinski definition) is 0. The van der Waals surface area contributed by atoms with Crippen molar-refractivity contribution < 1.29 is 0 Å². The average Bonchev–Trinajstić information content (AvgIpc) is 2.52. The van der Waals surface area contributed by atoms with Gasteiger partial charge in [0, 0.05) is 13.6 Å². The lowest BCUT2D eigenvalue weighted by atomic mass is 10.1. The summed E-state index contributed by atoms with van der Waals surface area (Å²) in [6.07, 6.45) is 0. The van der Waals surface area contributed by atoms with Crippen molar-refractivity contribution in [3.8, 4) is 11.1 Å². The Labute approximate surface area is 148 Å². The van der Waals surface area contributed by atoms with Crippen molar-refractivity contribution in [2.45, 2.75) is 0 Å². The highest BCUT2D eigenvalue weighted by Gasteiger charge is 1.94. The molecule has 0 bridgehead atoms. The topological polar surface area (TPSA) is 0 Å². The standard InChI is InChI=1S/C12H9Cl.C6H4ClI/c13-12-8-6-11(7-9-12)10-4-2-1-3-5-10;7-5-1-3-6(8)4-2-5/h1-9H;1-4H. The lowest BCUT2D eigenvalue weighted by Gasteiger charge is -2.00. The molecule has 3 aromatic rings. The highest BCUT2D eigenvalue weighted by molar-refractivity contribution is 14.1. The van der Waals surface area contributed by atoms with E-state index in [1.165, 1.54) is 14.7 Å². The second-order valence-corrected chi connectivity index (χ2v) is 6.43. The number of halogens is 3. The second kappa shape index (κ2) is 8.42. The predicted octanol–water partition coefficient (Wildman–Crippen LogP) is 6.95. The van der Waals surface area contributed by atoms with Gasteiger partial charge in [0.25, 0.3) is 0 Å². The largest absolute Gasteiger partial charge is 0.0843 e. The summed E-state index contributed by atoms with van der Waals surface area (Å²) >= 11 is 13.6. The normalized spacial score (nSPS) is 9.67. The third-order valence-electron chi connectivity index (χ3n) is 2.75. The van der Waals surface area contributed by atoms with Gasteiger partial charge in [-0.25, -0.2) is 0 Å². The Morgan fingerprint density at radius 3 is 1.43 bits per heavy atom. The lowest BCUT2D eigenvalue weighted by molar-refractivity contribution is 1.62. The minimum atomic E-state index is 0.777. The molecule has 0 saturated carbocycles. The van der Waals surface area contributed by atoms with Crippen molar-refractivity contribution in [1.29, 1.82) is 0 Å². The van der Waals surface area contributed by atoms with E-state index in [-0.39, 0.29) is 0 Å². The first-order valence-corrected chi connectivity index (χ1v) is 8.21. The summed E-state index contributed by atoms with van der Waals surface area (Å²) in [6.45, 7) is 0. The van der Waals surface area contributed by atoms with Crippen molar-refractivity contribution in [3.63, 3.8) is 0 Å². The molecule has 0 unspecified atom stereocenters. The van der Waals surface area contributed by atoms with Gasteiger partial charge in [-0.05, 0) is 70.1 Å². The van der Waals surface area contributed by atoms with Crippen LogP contribution < -0.4 is 0 Å². The quantitative estimate of drug-likeness (QED) is 0.369. The van der Waals surface area contributed by atoms with Crippen molar-refractivity contribution in [3.05, 3.63) is 92.5 Å². The van der Waals surface area contributed by atoms with Crippen LogP contribution in [-0.4, -0.2) is 0 Å². The molecule has 0 amide bonds. The van der Waals surface area contributed by atoms with Crippen molar-refractivity contribution in [2.24, 2.45) is 0 Å². The van der Waals surface area contributed by atoms with E-state index in [4.69, 9.17) is 23.2 Å². The molecular formula is C18H13Cl2I. The lowest BCUT2D eigenvalue weighted by Crippen LogP contribution is -1.74. The Kier molecular flexibility index (Phi) is 6.55. The third-order valence-corrected chi connectivity index (χ3v) is 3.98. The molecule has 0 atom stereocenters. The van der Waals surface area contributed by atoms with Gasteiger partial charge in [0.2, 0.25) is 0 Å². The van der Waals surface area contributed by atoms with Gasteiger partial charge in [-0.2, -0.15) is 0 Å². The Balaban J connectivity index is 0.000000173. The fourth-order valence-electron chi connectivity index (χ4n) is 1.70. The van der Waals surface area contributed by atoms with Crippen LogP contribution in [0.5, 0.6) is 0 Å². The fourth-order valence-corrected chi connectivity index (χ4v) is 2.31. The SMILES string of the molecule is Clc1ccc(-c2ccccc2)cc1.Clc1ccc(I)cc1. The Hall–Kier alpha value is -1.03. The Bertz CT molecular complexity index is 641. The van der Waals surface area contributed by atoms with E-state index in [1.807, 2.05) is 66.7 Å². The van der Waals surface area contributed by atoms with Gasteiger partial charge in [-0.1, -0.05) is 65.7 Å². The first-order valence-electron chi connectivity index (χ1n) is 6.37. The third kappa shape index (κ3) is 5.70. The molecule has 3 rings (SSSR count). The summed E-state index contributed by atoms with van der Waals surface area (Å²) in [5.41, 5.74) is 2.42. The molecule has 3 heteroatoms. The summed E-state index contributed by atoms with van der Waals surface area (Å²) in [4.78, 5) is 0. The van der Waals surface area contributed by atoms with Gasteiger partial charge >= 0.3 is 0 Å². The monoisotopic (exact) mass is 426 g/mol. The number of hydrogen-bond donors (Lipinski definition) is 0. The summed E-state index contributed by atoms with van der Waals surface area (Å²) in [5.74, 6) is 0. The maximum absolute atomic E-state index is 5.80. The minimum absolute atomic E-state index is 0.777. The van der Waals surface area contributed by atoms with Crippen LogP contribution in [0, 0.1) is 3.57 Å². The van der Waals surface area contributed by atoms with Crippen LogP contribution in [0.2, 0.25) is 10.0 Å². The molecule has 0 nitrogen and oxygen atoms in total. The molecule has 3 aromatic carbocycles. The van der Waals surface area contributed by atoms with Crippen LogP contribution in [0.25, 0.3) is 11.1 Å². The van der Waals surface area contributed by atoms with Gasteiger partial charge in [0.1, 0.15) is 0 Å². The molecular weight excluding hydrogens is 414 g/mol. The van der Waals surface area contributed by atoms with E-state index in [1.54, 1.807) is 0 Å². The molecule has 0 saturated heterocycles. The first-order chi connectivity index (χ1) is 10.1. The molecule has 0 N–H and O–H groups in total. The molecule has 0 aliphatic carbocycles. The number of rotatable bonds is 1. The predicted molar refractivity (Wildman–Crippen MR) is 101 cm³/mol. The molecule has 0 fully saturated rings.